The van der Waals surface area contributed by atoms with Crippen molar-refractivity contribution in [1.82, 2.24) is 9.80 Å². The SMILES string of the molecule is CN1CCC(CCN(C)C(=O)C(C)(C)CCN)C1. The van der Waals surface area contributed by atoms with E-state index >= 15 is 0 Å². The minimum Gasteiger partial charge on any atom is -0.345 e. The van der Waals surface area contributed by atoms with E-state index in [2.05, 4.69) is 11.9 Å². The Labute approximate surface area is 111 Å². The van der Waals surface area contributed by atoms with Crippen molar-refractivity contribution in [3.63, 3.8) is 0 Å². The van der Waals surface area contributed by atoms with Gasteiger partial charge in [0.2, 0.25) is 5.91 Å². The summed E-state index contributed by atoms with van der Waals surface area (Å²) in [5, 5.41) is 0. The van der Waals surface area contributed by atoms with Gasteiger partial charge in [-0.2, -0.15) is 0 Å². The van der Waals surface area contributed by atoms with Crippen LogP contribution in [-0.2, 0) is 4.79 Å². The fourth-order valence-corrected chi connectivity index (χ4v) is 2.72. The maximum Gasteiger partial charge on any atom is 0.228 e. The maximum atomic E-state index is 12.3. The lowest BCUT2D eigenvalue weighted by atomic mass is 9.87. The van der Waals surface area contributed by atoms with Gasteiger partial charge >= 0.3 is 0 Å². The first-order valence-corrected chi connectivity index (χ1v) is 7.01. The second-order valence-corrected chi connectivity index (χ2v) is 6.35. The van der Waals surface area contributed by atoms with E-state index in [0.29, 0.717) is 6.54 Å². The van der Waals surface area contributed by atoms with Crippen LogP contribution < -0.4 is 5.73 Å². The average molecular weight is 255 g/mol. The fraction of sp³-hybridized carbons (Fsp3) is 0.929. The van der Waals surface area contributed by atoms with Crippen molar-refractivity contribution in [3.05, 3.63) is 0 Å². The van der Waals surface area contributed by atoms with Crippen molar-refractivity contribution in [3.8, 4) is 0 Å². The Morgan fingerprint density at radius 1 is 1.50 bits per heavy atom. The average Bonchev–Trinajstić information content (AvgIpc) is 2.71. The molecule has 0 radical (unpaired) electrons. The monoisotopic (exact) mass is 255 g/mol. The number of hydrogen-bond acceptors (Lipinski definition) is 3. The Kier molecular flexibility index (Phi) is 5.60. The zero-order valence-electron chi connectivity index (χ0n) is 12.4. The molecule has 0 aromatic heterocycles. The van der Waals surface area contributed by atoms with E-state index in [1.807, 2.05) is 25.8 Å². The summed E-state index contributed by atoms with van der Waals surface area (Å²) in [5.74, 6) is 0.974. The first kappa shape index (κ1) is 15.4. The molecule has 2 N–H and O–H groups in total. The molecule has 1 atom stereocenters. The Balaban J connectivity index is 2.35. The van der Waals surface area contributed by atoms with Crippen LogP contribution in [0.3, 0.4) is 0 Å². The summed E-state index contributed by atoms with van der Waals surface area (Å²) < 4.78 is 0. The highest BCUT2D eigenvalue weighted by Crippen LogP contribution is 2.23. The molecule has 1 fully saturated rings. The van der Waals surface area contributed by atoms with Crippen LogP contribution in [-0.4, -0.2) is 56.0 Å². The molecule has 1 amide bonds. The molecule has 1 rings (SSSR count). The standard InChI is InChI=1S/C14H29N3O/c1-14(2,7-8-15)13(18)17(4)10-6-12-5-9-16(3)11-12/h12H,5-11,15H2,1-4H3. The molecule has 1 aliphatic rings. The molecule has 0 saturated carbocycles. The number of likely N-dealkylation sites (tertiary alicyclic amines) is 1. The molecule has 0 aliphatic carbocycles. The van der Waals surface area contributed by atoms with Gasteiger partial charge in [-0.25, -0.2) is 0 Å². The highest BCUT2D eigenvalue weighted by Gasteiger charge is 2.30. The quantitative estimate of drug-likeness (QED) is 0.775. The van der Waals surface area contributed by atoms with E-state index in [9.17, 15) is 4.79 Å². The van der Waals surface area contributed by atoms with Crippen molar-refractivity contribution in [1.29, 1.82) is 0 Å². The summed E-state index contributed by atoms with van der Waals surface area (Å²) in [4.78, 5) is 16.5. The van der Waals surface area contributed by atoms with Crippen LogP contribution in [0.15, 0.2) is 0 Å². The van der Waals surface area contributed by atoms with E-state index in [1.165, 1.54) is 19.5 Å². The summed E-state index contributed by atoms with van der Waals surface area (Å²) >= 11 is 0. The number of nitrogens with two attached hydrogens (primary N) is 1. The number of carbonyl (C=O) groups excluding carboxylic acids is 1. The molecular formula is C14H29N3O. The normalized spacial score (nSPS) is 21.3. The van der Waals surface area contributed by atoms with Gasteiger partial charge in [-0.3, -0.25) is 4.79 Å². The third-order valence-corrected chi connectivity index (χ3v) is 4.06. The molecular weight excluding hydrogens is 226 g/mol. The highest BCUT2D eigenvalue weighted by atomic mass is 16.2. The molecule has 1 unspecified atom stereocenters. The number of rotatable bonds is 6. The lowest BCUT2D eigenvalue weighted by Gasteiger charge is -2.29. The Bertz CT molecular complexity index is 278. The fourth-order valence-electron chi connectivity index (χ4n) is 2.72. The predicted octanol–water partition coefficient (Wildman–Crippen LogP) is 1.16. The van der Waals surface area contributed by atoms with E-state index in [1.54, 1.807) is 0 Å². The van der Waals surface area contributed by atoms with Crippen LogP contribution >= 0.6 is 0 Å². The summed E-state index contributed by atoms with van der Waals surface area (Å²) in [7, 11) is 4.08. The molecule has 1 heterocycles. The van der Waals surface area contributed by atoms with Crippen LogP contribution in [0.2, 0.25) is 0 Å². The smallest absolute Gasteiger partial charge is 0.228 e. The molecule has 0 aromatic rings. The van der Waals surface area contributed by atoms with Gasteiger partial charge in [0.15, 0.2) is 0 Å². The molecule has 18 heavy (non-hydrogen) atoms. The molecule has 4 nitrogen and oxygen atoms in total. The van der Waals surface area contributed by atoms with Gasteiger partial charge in [-0.15, -0.1) is 0 Å². The number of carbonyl (C=O) groups is 1. The summed E-state index contributed by atoms with van der Waals surface area (Å²) in [6.45, 7) is 7.78. The minimum absolute atomic E-state index is 0.222. The molecule has 4 heteroatoms. The Hall–Kier alpha value is -0.610. The zero-order valence-corrected chi connectivity index (χ0v) is 12.4. The Morgan fingerprint density at radius 3 is 2.67 bits per heavy atom. The minimum atomic E-state index is -0.323. The Morgan fingerprint density at radius 2 is 2.17 bits per heavy atom. The van der Waals surface area contributed by atoms with Crippen LogP contribution in [0, 0.1) is 11.3 Å². The number of nitrogens with zero attached hydrogens (tertiary/aromatic N) is 2. The molecule has 1 aliphatic heterocycles. The molecule has 0 aromatic carbocycles. The lowest BCUT2D eigenvalue weighted by molar-refractivity contribution is -0.139. The third-order valence-electron chi connectivity index (χ3n) is 4.06. The second-order valence-electron chi connectivity index (χ2n) is 6.35. The van der Waals surface area contributed by atoms with Crippen LogP contribution in [0.1, 0.15) is 33.1 Å². The van der Waals surface area contributed by atoms with Gasteiger partial charge < -0.3 is 15.5 Å². The van der Waals surface area contributed by atoms with Gasteiger partial charge in [0.25, 0.3) is 0 Å². The highest BCUT2D eigenvalue weighted by molar-refractivity contribution is 5.81. The molecule has 106 valence electrons. The summed E-state index contributed by atoms with van der Waals surface area (Å²) in [6, 6.07) is 0. The lowest BCUT2D eigenvalue weighted by Crippen LogP contribution is -2.40. The second kappa shape index (κ2) is 6.53. The summed E-state index contributed by atoms with van der Waals surface area (Å²) in [6.07, 6.45) is 3.14. The van der Waals surface area contributed by atoms with Gasteiger partial charge in [-0.05, 0) is 45.3 Å². The zero-order chi connectivity index (χ0) is 13.8. The maximum absolute atomic E-state index is 12.3. The first-order chi connectivity index (χ1) is 8.36. The van der Waals surface area contributed by atoms with E-state index in [-0.39, 0.29) is 11.3 Å². The van der Waals surface area contributed by atoms with Crippen LogP contribution in [0.4, 0.5) is 0 Å². The molecule has 0 spiro atoms. The number of hydrogen-bond donors (Lipinski definition) is 1. The van der Waals surface area contributed by atoms with Crippen LogP contribution in [0.5, 0.6) is 0 Å². The molecule has 1 saturated heterocycles. The first-order valence-electron chi connectivity index (χ1n) is 7.01. The largest absolute Gasteiger partial charge is 0.345 e. The van der Waals surface area contributed by atoms with Crippen molar-refractivity contribution in [2.24, 2.45) is 17.1 Å². The van der Waals surface area contributed by atoms with Crippen molar-refractivity contribution >= 4 is 5.91 Å². The molecule has 0 bridgehead atoms. The van der Waals surface area contributed by atoms with E-state index < -0.39 is 0 Å². The van der Waals surface area contributed by atoms with Crippen molar-refractivity contribution < 1.29 is 4.79 Å². The van der Waals surface area contributed by atoms with Gasteiger partial charge in [-0.1, -0.05) is 13.8 Å². The van der Waals surface area contributed by atoms with Gasteiger partial charge in [0.05, 0.1) is 0 Å². The van der Waals surface area contributed by atoms with Crippen LogP contribution in [0.25, 0.3) is 0 Å². The third kappa shape index (κ3) is 4.25. The van der Waals surface area contributed by atoms with Gasteiger partial charge in [0, 0.05) is 25.6 Å². The van der Waals surface area contributed by atoms with Crippen molar-refractivity contribution in [2.45, 2.75) is 33.1 Å². The van der Waals surface area contributed by atoms with E-state index in [4.69, 9.17) is 5.73 Å². The topological polar surface area (TPSA) is 49.6 Å². The van der Waals surface area contributed by atoms with E-state index in [0.717, 1.165) is 25.3 Å². The summed E-state index contributed by atoms with van der Waals surface area (Å²) in [5.41, 5.74) is 5.24. The predicted molar refractivity (Wildman–Crippen MR) is 75.3 cm³/mol. The van der Waals surface area contributed by atoms with Crippen molar-refractivity contribution in [2.75, 3.05) is 40.3 Å². The van der Waals surface area contributed by atoms with Gasteiger partial charge in [0.1, 0.15) is 0 Å². The number of amides is 1.